The van der Waals surface area contributed by atoms with Gasteiger partial charge < -0.3 is 10.2 Å². The average Bonchev–Trinajstić information content (AvgIpc) is 2.97. The van der Waals surface area contributed by atoms with E-state index in [1.807, 2.05) is 0 Å². The lowest BCUT2D eigenvalue weighted by Crippen LogP contribution is -2.54. The highest BCUT2D eigenvalue weighted by Crippen LogP contribution is 2.28. The molecule has 1 N–H and O–H groups in total. The van der Waals surface area contributed by atoms with Gasteiger partial charge in [-0.2, -0.15) is 0 Å². The van der Waals surface area contributed by atoms with Crippen molar-refractivity contribution < 1.29 is 4.79 Å². The van der Waals surface area contributed by atoms with Crippen LogP contribution >= 0.6 is 0 Å². The van der Waals surface area contributed by atoms with Gasteiger partial charge in [-0.05, 0) is 71.5 Å². The first-order valence-electron chi connectivity index (χ1n) is 8.54. The smallest absolute Gasteiger partial charge is 0.240 e. The van der Waals surface area contributed by atoms with Crippen LogP contribution in [0.2, 0.25) is 0 Å². The summed E-state index contributed by atoms with van der Waals surface area (Å²) in [5.74, 6) is 0.424. The second kappa shape index (κ2) is 6.44. The van der Waals surface area contributed by atoms with Crippen LogP contribution in [0.1, 0.15) is 51.9 Å². The van der Waals surface area contributed by atoms with Crippen molar-refractivity contribution in [3.63, 3.8) is 0 Å². The lowest BCUT2D eigenvalue weighted by molar-refractivity contribution is -0.140. The zero-order chi connectivity index (χ0) is 13.9. The van der Waals surface area contributed by atoms with Crippen LogP contribution in [0.15, 0.2) is 0 Å². The van der Waals surface area contributed by atoms with Crippen molar-refractivity contribution in [3.05, 3.63) is 0 Å². The molecule has 2 unspecified atom stereocenters. The monoisotopic (exact) mass is 279 g/mol. The van der Waals surface area contributed by atoms with E-state index >= 15 is 0 Å². The molecule has 3 aliphatic heterocycles. The molecule has 0 saturated carbocycles. The standard InChI is InChI=1S/C16H29N3O/c1-13-5-2-3-11-18(13)16(20)15-6-4-12-19(15)14-7-9-17-10-8-14/h13-15,17H,2-12H2,1H3. The summed E-state index contributed by atoms with van der Waals surface area (Å²) in [5.41, 5.74) is 0. The number of nitrogens with zero attached hydrogens (tertiary/aromatic N) is 2. The summed E-state index contributed by atoms with van der Waals surface area (Å²) >= 11 is 0. The summed E-state index contributed by atoms with van der Waals surface area (Å²) in [4.78, 5) is 17.6. The topological polar surface area (TPSA) is 35.6 Å². The number of rotatable bonds is 2. The van der Waals surface area contributed by atoms with Gasteiger partial charge in [-0.25, -0.2) is 0 Å². The van der Waals surface area contributed by atoms with Crippen molar-refractivity contribution in [3.8, 4) is 0 Å². The number of carbonyl (C=O) groups excluding carboxylic acids is 1. The normalized spacial score (nSPS) is 33.5. The minimum absolute atomic E-state index is 0.179. The molecule has 3 fully saturated rings. The van der Waals surface area contributed by atoms with Crippen LogP contribution in [0.4, 0.5) is 0 Å². The quantitative estimate of drug-likeness (QED) is 0.834. The Morgan fingerprint density at radius 3 is 2.55 bits per heavy atom. The van der Waals surface area contributed by atoms with Crippen LogP contribution in [-0.2, 0) is 4.79 Å². The van der Waals surface area contributed by atoms with E-state index in [0.29, 0.717) is 18.0 Å². The Balaban J connectivity index is 1.66. The number of likely N-dealkylation sites (tertiary alicyclic amines) is 2. The van der Waals surface area contributed by atoms with Crippen LogP contribution < -0.4 is 5.32 Å². The maximum absolute atomic E-state index is 12.9. The second-order valence-corrected chi connectivity index (χ2v) is 6.75. The fraction of sp³-hybridized carbons (Fsp3) is 0.938. The van der Waals surface area contributed by atoms with Gasteiger partial charge in [0.25, 0.3) is 0 Å². The molecule has 4 heteroatoms. The van der Waals surface area contributed by atoms with E-state index in [1.54, 1.807) is 0 Å². The highest BCUT2D eigenvalue weighted by Gasteiger charge is 2.39. The maximum Gasteiger partial charge on any atom is 0.240 e. The summed E-state index contributed by atoms with van der Waals surface area (Å²) < 4.78 is 0. The van der Waals surface area contributed by atoms with Crippen LogP contribution in [0.3, 0.4) is 0 Å². The molecule has 4 nitrogen and oxygen atoms in total. The summed E-state index contributed by atoms with van der Waals surface area (Å²) in [6.45, 7) is 6.56. The molecule has 0 aromatic rings. The molecule has 0 aromatic heterocycles. The van der Waals surface area contributed by atoms with E-state index in [9.17, 15) is 4.79 Å². The van der Waals surface area contributed by atoms with E-state index in [-0.39, 0.29) is 6.04 Å². The molecule has 0 aliphatic carbocycles. The molecule has 3 rings (SSSR count). The summed E-state index contributed by atoms with van der Waals surface area (Å²) in [5, 5.41) is 3.43. The molecular weight excluding hydrogens is 250 g/mol. The summed E-state index contributed by atoms with van der Waals surface area (Å²) in [7, 11) is 0. The zero-order valence-corrected chi connectivity index (χ0v) is 12.8. The van der Waals surface area contributed by atoms with Crippen LogP contribution in [0.5, 0.6) is 0 Å². The number of amides is 1. The molecular formula is C16H29N3O. The van der Waals surface area contributed by atoms with E-state index < -0.39 is 0 Å². The largest absolute Gasteiger partial charge is 0.339 e. The lowest BCUT2D eigenvalue weighted by Gasteiger charge is -2.40. The molecule has 3 heterocycles. The molecule has 3 saturated heterocycles. The van der Waals surface area contributed by atoms with Gasteiger partial charge in [-0.15, -0.1) is 0 Å². The lowest BCUT2D eigenvalue weighted by atomic mass is 10.00. The SMILES string of the molecule is CC1CCCCN1C(=O)C1CCCN1C1CCNCC1. The van der Waals surface area contributed by atoms with Crippen molar-refractivity contribution in [1.29, 1.82) is 0 Å². The predicted molar refractivity (Wildman–Crippen MR) is 80.6 cm³/mol. The molecule has 3 aliphatic rings. The van der Waals surface area contributed by atoms with Gasteiger partial charge in [0.1, 0.15) is 0 Å². The molecule has 0 spiro atoms. The highest BCUT2D eigenvalue weighted by molar-refractivity contribution is 5.82. The molecule has 0 bridgehead atoms. The number of nitrogens with one attached hydrogen (secondary N) is 1. The fourth-order valence-corrected chi connectivity index (χ4v) is 4.25. The van der Waals surface area contributed by atoms with E-state index in [4.69, 9.17) is 0 Å². The van der Waals surface area contributed by atoms with Gasteiger partial charge in [0.15, 0.2) is 0 Å². The van der Waals surface area contributed by atoms with Crippen molar-refractivity contribution in [2.75, 3.05) is 26.2 Å². The number of hydrogen-bond acceptors (Lipinski definition) is 3. The molecule has 0 radical (unpaired) electrons. The molecule has 0 aromatic carbocycles. The minimum Gasteiger partial charge on any atom is -0.339 e. The first-order chi connectivity index (χ1) is 9.77. The Morgan fingerprint density at radius 1 is 1.00 bits per heavy atom. The predicted octanol–water partition coefficient (Wildman–Crippen LogP) is 1.60. The Hall–Kier alpha value is -0.610. The third-order valence-electron chi connectivity index (χ3n) is 5.44. The maximum atomic E-state index is 12.9. The Morgan fingerprint density at radius 2 is 1.80 bits per heavy atom. The van der Waals surface area contributed by atoms with Crippen molar-refractivity contribution in [1.82, 2.24) is 15.1 Å². The highest BCUT2D eigenvalue weighted by atomic mass is 16.2. The Labute approximate surface area is 122 Å². The minimum atomic E-state index is 0.179. The third-order valence-corrected chi connectivity index (χ3v) is 5.44. The molecule has 20 heavy (non-hydrogen) atoms. The van der Waals surface area contributed by atoms with Gasteiger partial charge in [0.05, 0.1) is 6.04 Å². The second-order valence-electron chi connectivity index (χ2n) is 6.75. The average molecular weight is 279 g/mol. The van der Waals surface area contributed by atoms with Gasteiger partial charge >= 0.3 is 0 Å². The van der Waals surface area contributed by atoms with Crippen molar-refractivity contribution in [2.24, 2.45) is 0 Å². The fourth-order valence-electron chi connectivity index (χ4n) is 4.25. The van der Waals surface area contributed by atoms with E-state index in [2.05, 4.69) is 22.0 Å². The van der Waals surface area contributed by atoms with Gasteiger partial charge in [0, 0.05) is 18.6 Å². The number of hydrogen-bond donors (Lipinski definition) is 1. The van der Waals surface area contributed by atoms with Gasteiger partial charge in [-0.3, -0.25) is 9.69 Å². The number of piperidine rings is 2. The third kappa shape index (κ3) is 2.86. The molecule has 114 valence electrons. The first-order valence-corrected chi connectivity index (χ1v) is 8.54. The molecule has 1 amide bonds. The summed E-state index contributed by atoms with van der Waals surface area (Å²) in [6, 6.07) is 1.26. The van der Waals surface area contributed by atoms with E-state index in [1.165, 1.54) is 38.5 Å². The van der Waals surface area contributed by atoms with Crippen LogP contribution in [-0.4, -0.2) is 60.0 Å². The first kappa shape index (κ1) is 14.3. The zero-order valence-electron chi connectivity index (χ0n) is 12.8. The van der Waals surface area contributed by atoms with Crippen LogP contribution in [0, 0.1) is 0 Å². The van der Waals surface area contributed by atoms with Crippen molar-refractivity contribution >= 4 is 5.91 Å². The Bertz CT molecular complexity index is 341. The van der Waals surface area contributed by atoms with Crippen molar-refractivity contribution in [2.45, 2.75) is 70.0 Å². The number of carbonyl (C=O) groups is 1. The van der Waals surface area contributed by atoms with E-state index in [0.717, 1.165) is 32.6 Å². The summed E-state index contributed by atoms with van der Waals surface area (Å²) in [6.07, 6.45) is 8.35. The molecule has 2 atom stereocenters. The van der Waals surface area contributed by atoms with Gasteiger partial charge in [-0.1, -0.05) is 0 Å². The van der Waals surface area contributed by atoms with Gasteiger partial charge in [0.2, 0.25) is 5.91 Å². The Kier molecular flexibility index (Phi) is 4.61. The van der Waals surface area contributed by atoms with Crippen LogP contribution in [0.25, 0.3) is 0 Å².